The molecule has 1 saturated carbocycles. The van der Waals surface area contributed by atoms with Crippen molar-refractivity contribution >= 4 is 17.5 Å². The fourth-order valence-electron chi connectivity index (χ4n) is 2.03. The normalized spacial score (nSPS) is 23.4. The van der Waals surface area contributed by atoms with E-state index in [9.17, 15) is 4.79 Å². The van der Waals surface area contributed by atoms with Crippen LogP contribution < -0.4 is 0 Å². The molecule has 1 aliphatic carbocycles. The SMILES string of the molecule is O=C1CCCCC(Cc2cnsn2)C1. The largest absolute Gasteiger partial charge is 0.300 e. The minimum Gasteiger partial charge on any atom is -0.300 e. The Morgan fingerprint density at radius 3 is 3.21 bits per heavy atom. The van der Waals surface area contributed by atoms with Gasteiger partial charge in [-0.1, -0.05) is 6.42 Å². The molecule has 1 heterocycles. The maximum atomic E-state index is 11.4. The van der Waals surface area contributed by atoms with Crippen LogP contribution in [0.25, 0.3) is 0 Å². The molecular formula is C10H14N2OS. The number of nitrogens with zero attached hydrogens (tertiary/aromatic N) is 2. The molecule has 0 aromatic carbocycles. The van der Waals surface area contributed by atoms with Gasteiger partial charge in [-0.05, 0) is 25.2 Å². The first-order valence-electron chi connectivity index (χ1n) is 5.13. The van der Waals surface area contributed by atoms with Crippen molar-refractivity contribution in [1.82, 2.24) is 8.75 Å². The Morgan fingerprint density at radius 1 is 1.50 bits per heavy atom. The van der Waals surface area contributed by atoms with E-state index in [2.05, 4.69) is 8.75 Å². The molecule has 4 heteroatoms. The monoisotopic (exact) mass is 210 g/mol. The molecule has 1 aromatic heterocycles. The van der Waals surface area contributed by atoms with Crippen LogP contribution in [0.1, 0.15) is 37.8 Å². The van der Waals surface area contributed by atoms with Gasteiger partial charge < -0.3 is 0 Å². The third-order valence-electron chi connectivity index (χ3n) is 2.74. The summed E-state index contributed by atoms with van der Waals surface area (Å²) >= 11 is 1.25. The molecule has 76 valence electrons. The first-order valence-corrected chi connectivity index (χ1v) is 5.86. The van der Waals surface area contributed by atoms with E-state index >= 15 is 0 Å². The van der Waals surface area contributed by atoms with E-state index in [-0.39, 0.29) is 0 Å². The molecule has 3 nitrogen and oxygen atoms in total. The van der Waals surface area contributed by atoms with E-state index in [1.807, 2.05) is 6.20 Å². The lowest BCUT2D eigenvalue weighted by atomic mass is 9.95. The van der Waals surface area contributed by atoms with E-state index in [0.717, 1.165) is 31.4 Å². The molecule has 14 heavy (non-hydrogen) atoms. The summed E-state index contributed by atoms with van der Waals surface area (Å²) < 4.78 is 8.16. The van der Waals surface area contributed by atoms with Crippen molar-refractivity contribution in [3.8, 4) is 0 Å². The van der Waals surface area contributed by atoms with Crippen LogP contribution in [0, 0.1) is 5.92 Å². The van der Waals surface area contributed by atoms with Crippen LogP contribution in [0.5, 0.6) is 0 Å². The van der Waals surface area contributed by atoms with Crippen molar-refractivity contribution in [3.05, 3.63) is 11.9 Å². The summed E-state index contributed by atoms with van der Waals surface area (Å²) in [7, 11) is 0. The Bertz CT molecular complexity index is 297. The second-order valence-corrected chi connectivity index (χ2v) is 4.51. The zero-order chi connectivity index (χ0) is 9.80. The molecule has 1 aliphatic rings. The maximum Gasteiger partial charge on any atom is 0.133 e. The average molecular weight is 210 g/mol. The Balaban J connectivity index is 1.93. The van der Waals surface area contributed by atoms with Crippen LogP contribution in [-0.4, -0.2) is 14.5 Å². The average Bonchev–Trinajstić information content (AvgIpc) is 2.56. The number of hydrogen-bond donors (Lipinski definition) is 0. The lowest BCUT2D eigenvalue weighted by Gasteiger charge is -2.10. The fraction of sp³-hybridized carbons (Fsp3) is 0.700. The zero-order valence-electron chi connectivity index (χ0n) is 8.11. The zero-order valence-corrected chi connectivity index (χ0v) is 8.92. The second kappa shape index (κ2) is 4.64. The highest BCUT2D eigenvalue weighted by atomic mass is 32.1. The molecule has 0 N–H and O–H groups in total. The van der Waals surface area contributed by atoms with Crippen molar-refractivity contribution < 1.29 is 4.79 Å². The van der Waals surface area contributed by atoms with Crippen molar-refractivity contribution in [2.75, 3.05) is 0 Å². The lowest BCUT2D eigenvalue weighted by molar-refractivity contribution is -0.119. The number of aromatic nitrogens is 2. The highest BCUT2D eigenvalue weighted by Gasteiger charge is 2.18. The fourth-order valence-corrected chi connectivity index (χ4v) is 2.47. The smallest absolute Gasteiger partial charge is 0.133 e. The van der Waals surface area contributed by atoms with Gasteiger partial charge in [0.25, 0.3) is 0 Å². The summed E-state index contributed by atoms with van der Waals surface area (Å²) in [6, 6.07) is 0. The summed E-state index contributed by atoms with van der Waals surface area (Å²) in [5.41, 5.74) is 1.05. The summed E-state index contributed by atoms with van der Waals surface area (Å²) in [6.07, 6.45) is 7.72. The van der Waals surface area contributed by atoms with Gasteiger partial charge in [0.15, 0.2) is 0 Å². The van der Waals surface area contributed by atoms with E-state index in [0.29, 0.717) is 11.7 Å². The van der Waals surface area contributed by atoms with Crippen LogP contribution in [0.4, 0.5) is 0 Å². The van der Waals surface area contributed by atoms with Crippen LogP contribution >= 0.6 is 11.7 Å². The molecule has 0 amide bonds. The molecule has 0 radical (unpaired) electrons. The van der Waals surface area contributed by atoms with Crippen LogP contribution in [0.15, 0.2) is 6.20 Å². The third-order valence-corrected chi connectivity index (χ3v) is 3.25. The van der Waals surface area contributed by atoms with Gasteiger partial charge in [0.05, 0.1) is 23.6 Å². The third kappa shape index (κ3) is 2.61. The van der Waals surface area contributed by atoms with Crippen LogP contribution in [0.3, 0.4) is 0 Å². The van der Waals surface area contributed by atoms with E-state index in [1.165, 1.54) is 24.6 Å². The molecule has 0 bridgehead atoms. The number of ketones is 1. The van der Waals surface area contributed by atoms with Gasteiger partial charge >= 0.3 is 0 Å². The number of carbonyl (C=O) groups excluding carboxylic acids is 1. The van der Waals surface area contributed by atoms with Gasteiger partial charge in [-0.2, -0.15) is 8.75 Å². The minimum absolute atomic E-state index is 0.427. The summed E-state index contributed by atoms with van der Waals surface area (Å²) in [5, 5.41) is 0. The maximum absolute atomic E-state index is 11.4. The molecule has 2 rings (SSSR count). The minimum atomic E-state index is 0.427. The predicted octanol–water partition coefficient (Wildman–Crippen LogP) is 2.23. The molecule has 1 aromatic rings. The first kappa shape index (κ1) is 9.77. The Kier molecular flexibility index (Phi) is 3.24. The van der Waals surface area contributed by atoms with Gasteiger partial charge in [0, 0.05) is 12.8 Å². The Labute approximate surface area is 87.9 Å². The standard InChI is InChI=1S/C10H14N2OS/c13-10-4-2-1-3-8(6-10)5-9-7-11-14-12-9/h7-8H,1-6H2. The Morgan fingerprint density at radius 2 is 2.43 bits per heavy atom. The number of rotatable bonds is 2. The number of Topliss-reactive ketones (excluding diaryl/α,β-unsaturated/α-hetero) is 1. The molecular weight excluding hydrogens is 196 g/mol. The number of hydrogen-bond acceptors (Lipinski definition) is 4. The summed E-state index contributed by atoms with van der Waals surface area (Å²) in [6.45, 7) is 0. The van der Waals surface area contributed by atoms with Gasteiger partial charge in [-0.15, -0.1) is 0 Å². The topological polar surface area (TPSA) is 42.9 Å². The van der Waals surface area contributed by atoms with E-state index in [4.69, 9.17) is 0 Å². The number of carbonyl (C=O) groups is 1. The molecule has 0 spiro atoms. The molecule has 1 atom stereocenters. The van der Waals surface area contributed by atoms with Crippen molar-refractivity contribution in [3.63, 3.8) is 0 Å². The molecule has 1 unspecified atom stereocenters. The highest BCUT2D eigenvalue weighted by Crippen LogP contribution is 2.23. The van der Waals surface area contributed by atoms with E-state index in [1.54, 1.807) is 0 Å². The predicted molar refractivity (Wildman–Crippen MR) is 55.2 cm³/mol. The van der Waals surface area contributed by atoms with Crippen LogP contribution in [-0.2, 0) is 11.2 Å². The van der Waals surface area contributed by atoms with Gasteiger partial charge in [0.1, 0.15) is 5.78 Å². The molecule has 1 fully saturated rings. The van der Waals surface area contributed by atoms with Gasteiger partial charge in [-0.25, -0.2) is 0 Å². The Hall–Kier alpha value is -0.770. The first-order chi connectivity index (χ1) is 6.84. The van der Waals surface area contributed by atoms with Crippen molar-refractivity contribution in [1.29, 1.82) is 0 Å². The summed E-state index contributed by atoms with van der Waals surface area (Å²) in [5.74, 6) is 0.935. The lowest BCUT2D eigenvalue weighted by Crippen LogP contribution is -2.08. The quantitative estimate of drug-likeness (QED) is 0.703. The molecule has 0 aliphatic heterocycles. The highest BCUT2D eigenvalue weighted by molar-refractivity contribution is 6.99. The van der Waals surface area contributed by atoms with E-state index < -0.39 is 0 Å². The second-order valence-electron chi connectivity index (χ2n) is 3.96. The molecule has 0 saturated heterocycles. The van der Waals surface area contributed by atoms with Crippen molar-refractivity contribution in [2.45, 2.75) is 38.5 Å². The summed E-state index contributed by atoms with van der Waals surface area (Å²) in [4.78, 5) is 11.4. The van der Waals surface area contributed by atoms with Crippen molar-refractivity contribution in [2.24, 2.45) is 5.92 Å². The van der Waals surface area contributed by atoms with Gasteiger partial charge in [-0.3, -0.25) is 4.79 Å². The van der Waals surface area contributed by atoms with Gasteiger partial charge in [0.2, 0.25) is 0 Å². The van der Waals surface area contributed by atoms with Crippen LogP contribution in [0.2, 0.25) is 0 Å².